The minimum Gasteiger partial charge on any atom is -0.319 e. The lowest BCUT2D eigenvalue weighted by Gasteiger charge is -2.39. The van der Waals surface area contributed by atoms with Crippen LogP contribution in [0.3, 0.4) is 0 Å². The highest BCUT2D eigenvalue weighted by atomic mass is 15.0. The molecule has 100 valence electrons. The van der Waals surface area contributed by atoms with Crippen LogP contribution < -0.4 is 0 Å². The fourth-order valence-electron chi connectivity index (χ4n) is 4.69. The highest BCUT2D eigenvalue weighted by Gasteiger charge is 2.39. The van der Waals surface area contributed by atoms with Crippen molar-refractivity contribution in [3.63, 3.8) is 0 Å². The van der Waals surface area contributed by atoms with Crippen molar-refractivity contribution in [2.75, 3.05) is 0 Å². The average molecular weight is 261 g/mol. The van der Waals surface area contributed by atoms with Crippen molar-refractivity contribution in [3.8, 4) is 0 Å². The Morgan fingerprint density at radius 2 is 1.80 bits per heavy atom. The zero-order valence-electron chi connectivity index (χ0n) is 11.7. The molecule has 1 aromatic carbocycles. The Kier molecular flexibility index (Phi) is 2.13. The van der Waals surface area contributed by atoms with E-state index in [1.807, 2.05) is 0 Å². The summed E-state index contributed by atoms with van der Waals surface area (Å²) in [6, 6.07) is 8.93. The summed E-state index contributed by atoms with van der Waals surface area (Å²) in [5.74, 6) is 1.52. The predicted octanol–water partition coefficient (Wildman–Crippen LogP) is 5.10. The van der Waals surface area contributed by atoms with Crippen LogP contribution in [0.1, 0.15) is 43.7 Å². The quantitative estimate of drug-likeness (QED) is 0.621. The molecule has 20 heavy (non-hydrogen) atoms. The van der Waals surface area contributed by atoms with E-state index < -0.39 is 0 Å². The Hall–Kier alpha value is -1.76. The summed E-state index contributed by atoms with van der Waals surface area (Å²) >= 11 is 0. The third-order valence-electron chi connectivity index (χ3n) is 5.49. The van der Waals surface area contributed by atoms with E-state index in [0.29, 0.717) is 0 Å². The maximum atomic E-state index is 2.51. The number of nitrogens with zero attached hydrogens (tertiary/aromatic N) is 1. The lowest BCUT2D eigenvalue weighted by atomic mass is 9.71. The zero-order valence-corrected chi connectivity index (χ0v) is 11.7. The SMILES string of the molecule is C1=C2C(=CC1)n1cc3ccccc3c1C1CCCCC21. The third kappa shape index (κ3) is 1.28. The van der Waals surface area contributed by atoms with E-state index in [1.165, 1.54) is 42.2 Å². The summed E-state index contributed by atoms with van der Waals surface area (Å²) in [6.45, 7) is 0. The highest BCUT2D eigenvalue weighted by molar-refractivity contribution is 5.90. The van der Waals surface area contributed by atoms with Crippen LogP contribution in [0.5, 0.6) is 0 Å². The van der Waals surface area contributed by atoms with Gasteiger partial charge in [0.05, 0.1) is 0 Å². The van der Waals surface area contributed by atoms with Crippen molar-refractivity contribution in [2.45, 2.75) is 38.0 Å². The molecule has 0 amide bonds. The van der Waals surface area contributed by atoms with Crippen LogP contribution in [0, 0.1) is 5.92 Å². The van der Waals surface area contributed by atoms with Gasteiger partial charge in [-0.05, 0) is 30.8 Å². The number of benzene rings is 1. The minimum absolute atomic E-state index is 0.741. The second-order valence-electron chi connectivity index (χ2n) is 6.45. The van der Waals surface area contributed by atoms with Crippen LogP contribution in [0.4, 0.5) is 0 Å². The number of hydrogen-bond acceptors (Lipinski definition) is 0. The molecule has 2 aliphatic carbocycles. The Morgan fingerprint density at radius 3 is 2.75 bits per heavy atom. The molecule has 1 saturated carbocycles. The number of aromatic nitrogens is 1. The van der Waals surface area contributed by atoms with Crippen molar-refractivity contribution in [2.24, 2.45) is 5.92 Å². The lowest BCUT2D eigenvalue weighted by molar-refractivity contribution is 0.336. The predicted molar refractivity (Wildman–Crippen MR) is 83.6 cm³/mol. The number of fused-ring (bicyclic) bond motifs is 8. The molecule has 1 aromatic heterocycles. The monoisotopic (exact) mass is 261 g/mol. The van der Waals surface area contributed by atoms with E-state index in [4.69, 9.17) is 0 Å². The largest absolute Gasteiger partial charge is 0.319 e. The van der Waals surface area contributed by atoms with E-state index >= 15 is 0 Å². The van der Waals surface area contributed by atoms with Crippen LogP contribution in [-0.2, 0) is 0 Å². The summed E-state index contributed by atoms with van der Waals surface area (Å²) in [5, 5.41) is 2.89. The molecular weight excluding hydrogens is 242 g/mol. The fraction of sp³-hybridized carbons (Fsp3) is 0.368. The maximum absolute atomic E-state index is 2.51. The van der Waals surface area contributed by atoms with Crippen molar-refractivity contribution < 1.29 is 0 Å². The lowest BCUT2D eigenvalue weighted by Crippen LogP contribution is -2.27. The summed E-state index contributed by atoms with van der Waals surface area (Å²) in [6.07, 6.45) is 13.9. The molecular formula is C19H19N. The summed E-state index contributed by atoms with van der Waals surface area (Å²) < 4.78 is 2.51. The van der Waals surface area contributed by atoms with Gasteiger partial charge in [0, 0.05) is 34.3 Å². The van der Waals surface area contributed by atoms with Crippen molar-refractivity contribution in [3.05, 3.63) is 53.9 Å². The standard InChI is InChI=1S/C19H19N/c1-2-7-14-13(6-1)12-20-18-11-5-10-16(18)15-8-3-4-9-17(15)19(14)20/h1-2,6-7,10-12,15,17H,3-5,8-9H2. The maximum Gasteiger partial charge on any atom is 0.0448 e. The number of hydrogen-bond donors (Lipinski definition) is 0. The van der Waals surface area contributed by atoms with Crippen molar-refractivity contribution in [1.82, 2.24) is 4.57 Å². The second-order valence-corrected chi connectivity index (χ2v) is 6.45. The third-order valence-corrected chi connectivity index (χ3v) is 5.49. The molecule has 2 aromatic rings. The van der Waals surface area contributed by atoms with E-state index in [9.17, 15) is 0 Å². The fourth-order valence-corrected chi connectivity index (χ4v) is 4.69. The van der Waals surface area contributed by atoms with Crippen molar-refractivity contribution in [1.29, 1.82) is 0 Å². The Labute approximate surface area is 119 Å². The van der Waals surface area contributed by atoms with Gasteiger partial charge in [0.1, 0.15) is 0 Å². The van der Waals surface area contributed by atoms with Gasteiger partial charge < -0.3 is 4.57 Å². The summed E-state index contributed by atoms with van der Waals surface area (Å²) in [7, 11) is 0. The molecule has 0 saturated heterocycles. The summed E-state index contributed by atoms with van der Waals surface area (Å²) in [5.41, 5.74) is 4.72. The van der Waals surface area contributed by atoms with Gasteiger partial charge in [-0.3, -0.25) is 0 Å². The Balaban J connectivity index is 1.85. The van der Waals surface area contributed by atoms with Gasteiger partial charge in [-0.25, -0.2) is 0 Å². The molecule has 0 spiro atoms. The molecule has 0 radical (unpaired) electrons. The molecule has 2 heterocycles. The van der Waals surface area contributed by atoms with Gasteiger partial charge in [-0.15, -0.1) is 0 Å². The van der Waals surface area contributed by atoms with Crippen LogP contribution >= 0.6 is 0 Å². The average Bonchev–Trinajstić information content (AvgIpc) is 3.12. The molecule has 3 aliphatic rings. The zero-order chi connectivity index (χ0) is 13.1. The first-order valence-electron chi connectivity index (χ1n) is 7.94. The summed E-state index contributed by atoms with van der Waals surface area (Å²) in [4.78, 5) is 0. The van der Waals surface area contributed by atoms with Gasteiger partial charge >= 0.3 is 0 Å². The Morgan fingerprint density at radius 1 is 0.950 bits per heavy atom. The van der Waals surface area contributed by atoms with Crippen LogP contribution in [0.15, 0.2) is 48.2 Å². The molecule has 1 aliphatic heterocycles. The molecule has 0 bridgehead atoms. The van der Waals surface area contributed by atoms with E-state index in [1.54, 1.807) is 11.3 Å². The first-order valence-corrected chi connectivity index (χ1v) is 7.94. The number of allylic oxidation sites excluding steroid dienone is 4. The van der Waals surface area contributed by atoms with Crippen LogP contribution in [0.2, 0.25) is 0 Å². The molecule has 2 unspecified atom stereocenters. The van der Waals surface area contributed by atoms with Crippen LogP contribution in [0.25, 0.3) is 16.5 Å². The van der Waals surface area contributed by atoms with Gasteiger partial charge in [-0.2, -0.15) is 0 Å². The van der Waals surface area contributed by atoms with Gasteiger partial charge in [0.15, 0.2) is 0 Å². The van der Waals surface area contributed by atoms with Gasteiger partial charge in [0.25, 0.3) is 0 Å². The molecule has 5 rings (SSSR count). The van der Waals surface area contributed by atoms with E-state index in [2.05, 4.69) is 47.2 Å². The first-order chi connectivity index (χ1) is 9.93. The minimum atomic E-state index is 0.741. The molecule has 1 fully saturated rings. The van der Waals surface area contributed by atoms with Gasteiger partial charge in [-0.1, -0.05) is 49.3 Å². The van der Waals surface area contributed by atoms with E-state index in [0.717, 1.165) is 18.3 Å². The smallest absolute Gasteiger partial charge is 0.0448 e. The highest BCUT2D eigenvalue weighted by Crippen LogP contribution is 2.52. The topological polar surface area (TPSA) is 4.93 Å². The molecule has 2 atom stereocenters. The van der Waals surface area contributed by atoms with Crippen LogP contribution in [-0.4, -0.2) is 4.57 Å². The molecule has 1 nitrogen and oxygen atoms in total. The molecule has 0 N–H and O–H groups in total. The van der Waals surface area contributed by atoms with Gasteiger partial charge in [0.2, 0.25) is 0 Å². The van der Waals surface area contributed by atoms with E-state index in [-0.39, 0.29) is 0 Å². The first kappa shape index (κ1) is 11.0. The number of rotatable bonds is 0. The van der Waals surface area contributed by atoms with Crippen molar-refractivity contribution >= 4 is 16.5 Å². The molecule has 1 heteroatoms. The second kappa shape index (κ2) is 3.88. The normalized spacial score (nSPS) is 27.6. The Bertz CT molecular complexity index is 759.